The first-order chi connectivity index (χ1) is 0. The summed E-state index contributed by atoms with van der Waals surface area (Å²) in [6, 6.07) is 0. The molecule has 0 aromatic heterocycles. The largest absolute Gasteiger partial charge is 0 e. The molecule has 4 heteroatoms. The van der Waals surface area contributed by atoms with Gasteiger partial charge in [-0.25, -0.2) is 0 Å². The first-order valence-electron chi connectivity index (χ1n) is 0. The molecular formula is CoSc3. The maximum Gasteiger partial charge on any atom is 0 e. The fraction of sp³-hybridized carbons (Fsp3) is 0. The number of hydrogen-bond donors (Lipinski definition) is 0. The molecule has 0 unspecified atom stereocenters. The average molecular weight is 194 g/mol. The molecule has 0 N–H and O–H groups in total. The van der Waals surface area contributed by atoms with Gasteiger partial charge in [-0.3, -0.25) is 0 Å². The van der Waals surface area contributed by atoms with Crippen molar-refractivity contribution >= 4 is 0 Å². The van der Waals surface area contributed by atoms with E-state index in [1.165, 1.54) is 0 Å². The molecule has 0 saturated heterocycles. The van der Waals surface area contributed by atoms with E-state index in [0.717, 1.165) is 0 Å². The van der Waals surface area contributed by atoms with Crippen LogP contribution >= 0.6 is 0 Å². The van der Waals surface area contributed by atoms with Crippen LogP contribution in [0.2, 0.25) is 0 Å². The van der Waals surface area contributed by atoms with E-state index in [1.807, 2.05) is 0 Å². The van der Waals surface area contributed by atoms with Gasteiger partial charge in [0.15, 0.2) is 0 Å². The van der Waals surface area contributed by atoms with E-state index in [-0.39, 0.29) is 94.3 Å². The fourth-order valence-electron chi connectivity index (χ4n) is 0. The number of hydrogen-bond acceptors (Lipinski definition) is 0. The van der Waals surface area contributed by atoms with E-state index in [0.29, 0.717) is 0 Å². The van der Waals surface area contributed by atoms with Gasteiger partial charge in [-0.05, 0) is 0 Å². The van der Waals surface area contributed by atoms with Crippen LogP contribution in [-0.2, 0) is 94.3 Å². The van der Waals surface area contributed by atoms with Gasteiger partial charge in [0, 0.05) is 94.3 Å². The zero-order chi connectivity index (χ0) is 0. The summed E-state index contributed by atoms with van der Waals surface area (Å²) in [6.45, 7) is 0. The van der Waals surface area contributed by atoms with Crippen LogP contribution in [0.5, 0.6) is 0 Å². The molecular weight excluding hydrogens is 194 g/mol. The van der Waals surface area contributed by atoms with Crippen LogP contribution in [0.15, 0.2) is 0 Å². The molecule has 0 bridgehead atoms. The third-order valence-corrected chi connectivity index (χ3v) is 0. The van der Waals surface area contributed by atoms with Crippen molar-refractivity contribution < 1.29 is 94.3 Å². The van der Waals surface area contributed by atoms with Crippen molar-refractivity contribution in [2.45, 2.75) is 0 Å². The molecule has 0 spiro atoms. The van der Waals surface area contributed by atoms with E-state index in [9.17, 15) is 0 Å². The maximum absolute atomic E-state index is 0. The second kappa shape index (κ2) is 16.5. The van der Waals surface area contributed by atoms with E-state index in [1.54, 1.807) is 0 Å². The third kappa shape index (κ3) is 8.93. The minimum absolute atomic E-state index is 0. The Morgan fingerprint density at radius 2 is 0.500 bits per heavy atom. The zero-order valence-corrected chi connectivity index (χ0v) is 8.52. The SMILES string of the molecule is [Co].[Sc].[Sc].[Sc]. The van der Waals surface area contributed by atoms with Crippen LogP contribution in [0.3, 0.4) is 0 Å². The van der Waals surface area contributed by atoms with Gasteiger partial charge in [-0.15, -0.1) is 0 Å². The van der Waals surface area contributed by atoms with E-state index >= 15 is 0 Å². The van der Waals surface area contributed by atoms with Crippen molar-refractivity contribution in [2.75, 3.05) is 0 Å². The predicted octanol–water partition coefficient (Wildman–Crippen LogP) is -0.0100. The standard InChI is InChI=1S/Co.3Sc. The molecule has 0 rings (SSSR count). The second-order valence-corrected chi connectivity index (χ2v) is 0. The normalized spacial score (nSPS) is 0. The summed E-state index contributed by atoms with van der Waals surface area (Å²) in [4.78, 5) is 0. The van der Waals surface area contributed by atoms with Gasteiger partial charge in [0.2, 0.25) is 0 Å². The Morgan fingerprint density at radius 3 is 0.500 bits per heavy atom. The Balaban J connectivity index is 0. The molecule has 0 nitrogen and oxygen atoms in total. The van der Waals surface area contributed by atoms with Crippen molar-refractivity contribution in [3.8, 4) is 0 Å². The Hall–Kier alpha value is 3.12. The maximum atomic E-state index is 0. The summed E-state index contributed by atoms with van der Waals surface area (Å²) >= 11 is 0. The van der Waals surface area contributed by atoms with E-state index < -0.39 is 0 Å². The molecule has 0 saturated carbocycles. The zero-order valence-electron chi connectivity index (χ0n) is 2.07. The van der Waals surface area contributed by atoms with Crippen molar-refractivity contribution in [3.05, 3.63) is 0 Å². The fourth-order valence-corrected chi connectivity index (χ4v) is 0. The average Bonchev–Trinajstić information content (AvgIpc) is 0. The first kappa shape index (κ1) is 27.4. The number of rotatable bonds is 0. The monoisotopic (exact) mass is 194 g/mol. The van der Waals surface area contributed by atoms with Crippen LogP contribution in [0.1, 0.15) is 0 Å². The van der Waals surface area contributed by atoms with Crippen molar-refractivity contribution in [2.24, 2.45) is 0 Å². The van der Waals surface area contributed by atoms with Crippen molar-refractivity contribution in [1.82, 2.24) is 0 Å². The minimum atomic E-state index is 0. The molecule has 0 heterocycles. The summed E-state index contributed by atoms with van der Waals surface area (Å²) in [5.41, 5.74) is 0. The Morgan fingerprint density at radius 1 is 0.500 bits per heavy atom. The molecule has 0 amide bonds. The van der Waals surface area contributed by atoms with Crippen LogP contribution in [0.4, 0.5) is 0 Å². The molecule has 0 fully saturated rings. The van der Waals surface area contributed by atoms with E-state index in [4.69, 9.17) is 0 Å². The van der Waals surface area contributed by atoms with Gasteiger partial charge in [0.1, 0.15) is 0 Å². The van der Waals surface area contributed by atoms with Crippen molar-refractivity contribution in [1.29, 1.82) is 0 Å². The summed E-state index contributed by atoms with van der Waals surface area (Å²) in [7, 11) is 0. The molecule has 0 atom stereocenters. The summed E-state index contributed by atoms with van der Waals surface area (Å²) in [5, 5.41) is 0. The molecule has 0 aromatic rings. The summed E-state index contributed by atoms with van der Waals surface area (Å²) < 4.78 is 0. The van der Waals surface area contributed by atoms with Crippen LogP contribution in [0.25, 0.3) is 0 Å². The van der Waals surface area contributed by atoms with Gasteiger partial charge in [-0.1, -0.05) is 0 Å². The second-order valence-electron chi connectivity index (χ2n) is 0. The molecule has 0 aliphatic carbocycles. The molecule has 4 heavy (non-hydrogen) atoms. The van der Waals surface area contributed by atoms with Gasteiger partial charge in [-0.2, -0.15) is 0 Å². The van der Waals surface area contributed by atoms with Gasteiger partial charge in [0.25, 0.3) is 0 Å². The molecule has 18 valence electrons. The van der Waals surface area contributed by atoms with Crippen LogP contribution in [-0.4, -0.2) is 0 Å². The third-order valence-electron chi connectivity index (χ3n) is 0. The molecule has 0 aliphatic rings. The smallest absolute Gasteiger partial charge is 0 e. The molecule has 0 aliphatic heterocycles. The van der Waals surface area contributed by atoms with Gasteiger partial charge < -0.3 is 0 Å². The van der Waals surface area contributed by atoms with Crippen LogP contribution in [0, 0.1) is 0 Å². The Labute approximate surface area is 92.4 Å². The first-order valence-corrected chi connectivity index (χ1v) is 0. The van der Waals surface area contributed by atoms with Crippen molar-refractivity contribution in [3.63, 3.8) is 0 Å². The summed E-state index contributed by atoms with van der Waals surface area (Å²) in [6.07, 6.45) is 0. The quantitative estimate of drug-likeness (QED) is 0.508. The Kier molecular flexibility index (Phi) is 113. The van der Waals surface area contributed by atoms with Gasteiger partial charge >= 0.3 is 0 Å². The Bertz CT molecular complexity index is 3.25. The summed E-state index contributed by atoms with van der Waals surface area (Å²) in [5.74, 6) is 0. The van der Waals surface area contributed by atoms with E-state index in [2.05, 4.69) is 0 Å². The van der Waals surface area contributed by atoms with Gasteiger partial charge in [0.05, 0.1) is 0 Å². The topological polar surface area (TPSA) is 0 Å². The molecule has 0 aromatic carbocycles. The minimum Gasteiger partial charge on any atom is 0 e. The predicted molar refractivity (Wildman–Crippen MR) is 0 cm³/mol. The van der Waals surface area contributed by atoms with Crippen LogP contribution < -0.4 is 0 Å². The molecule has 4 radical (unpaired) electrons.